The first-order chi connectivity index (χ1) is 14.6. The monoisotopic (exact) mass is 414 g/mol. The van der Waals surface area contributed by atoms with E-state index in [9.17, 15) is 4.79 Å². The fourth-order valence-corrected chi connectivity index (χ4v) is 3.75. The van der Waals surface area contributed by atoms with Gasteiger partial charge in [-0.15, -0.1) is 0 Å². The molecule has 31 heavy (non-hydrogen) atoms. The van der Waals surface area contributed by atoms with Gasteiger partial charge in [-0.3, -0.25) is 4.79 Å². The quantitative estimate of drug-likeness (QED) is 0.439. The van der Waals surface area contributed by atoms with Crippen molar-refractivity contribution in [2.24, 2.45) is 5.92 Å². The molecule has 2 aromatic heterocycles. The van der Waals surface area contributed by atoms with E-state index in [0.717, 1.165) is 28.5 Å². The molecular formula is C26H30N4O. The van der Waals surface area contributed by atoms with E-state index in [1.807, 2.05) is 35.0 Å². The summed E-state index contributed by atoms with van der Waals surface area (Å²) in [6.45, 7) is 13.6. The highest BCUT2D eigenvalue weighted by molar-refractivity contribution is 6.08. The van der Waals surface area contributed by atoms with Gasteiger partial charge < -0.3 is 5.32 Å². The summed E-state index contributed by atoms with van der Waals surface area (Å²) in [6, 6.07) is 16.1. The summed E-state index contributed by atoms with van der Waals surface area (Å²) in [5.41, 5.74) is 4.76. The number of aryl methyl sites for hydroxylation is 1. The minimum absolute atomic E-state index is 0.0473. The number of pyridine rings is 1. The molecule has 2 heterocycles. The average Bonchev–Trinajstić information content (AvgIpc) is 3.01. The number of rotatable bonds is 4. The molecule has 0 saturated carbocycles. The fourth-order valence-electron chi connectivity index (χ4n) is 3.75. The van der Waals surface area contributed by atoms with Gasteiger partial charge in [0.25, 0.3) is 5.91 Å². The molecule has 0 bridgehead atoms. The maximum absolute atomic E-state index is 13.0. The Morgan fingerprint density at radius 2 is 1.77 bits per heavy atom. The lowest BCUT2D eigenvalue weighted by Crippen LogP contribution is -2.15. The van der Waals surface area contributed by atoms with Crippen molar-refractivity contribution in [1.82, 2.24) is 14.8 Å². The van der Waals surface area contributed by atoms with E-state index in [2.05, 4.69) is 65.1 Å². The van der Waals surface area contributed by atoms with Crippen LogP contribution in [0.5, 0.6) is 0 Å². The molecule has 160 valence electrons. The second-order valence-electron chi connectivity index (χ2n) is 9.76. The lowest BCUT2D eigenvalue weighted by atomic mass is 9.87. The lowest BCUT2D eigenvalue weighted by molar-refractivity contribution is 0.102. The minimum atomic E-state index is -0.166. The summed E-state index contributed by atoms with van der Waals surface area (Å²) in [7, 11) is 0. The largest absolute Gasteiger partial charge is 0.305 e. The lowest BCUT2D eigenvalue weighted by Gasteiger charge is -2.19. The van der Waals surface area contributed by atoms with Crippen LogP contribution in [0, 0.1) is 12.8 Å². The van der Waals surface area contributed by atoms with E-state index in [1.165, 1.54) is 11.1 Å². The summed E-state index contributed by atoms with van der Waals surface area (Å²) >= 11 is 0. The number of aromatic nitrogens is 3. The van der Waals surface area contributed by atoms with Gasteiger partial charge in [0.05, 0.1) is 10.9 Å². The van der Waals surface area contributed by atoms with Gasteiger partial charge in [-0.1, -0.05) is 58.4 Å². The molecule has 4 rings (SSSR count). The van der Waals surface area contributed by atoms with Gasteiger partial charge in [-0.05, 0) is 54.2 Å². The summed E-state index contributed by atoms with van der Waals surface area (Å²) in [4.78, 5) is 17.8. The smallest absolute Gasteiger partial charge is 0.256 e. The average molecular weight is 415 g/mol. The van der Waals surface area contributed by atoms with Crippen LogP contribution in [0.15, 0.2) is 48.5 Å². The van der Waals surface area contributed by atoms with Crippen molar-refractivity contribution in [3.05, 3.63) is 65.2 Å². The van der Waals surface area contributed by atoms with Crippen LogP contribution in [-0.4, -0.2) is 20.7 Å². The number of nitrogens with one attached hydrogen (secondary N) is 1. The van der Waals surface area contributed by atoms with E-state index in [0.29, 0.717) is 17.3 Å². The highest BCUT2D eigenvalue weighted by Gasteiger charge is 2.18. The number of hydrogen-bond acceptors (Lipinski definition) is 3. The van der Waals surface area contributed by atoms with Gasteiger partial charge >= 0.3 is 0 Å². The SMILES string of the molecule is Cc1ccc2nc3c(cc2c1)c(NC(=O)c1ccc(C(C)(C)C)cc1)nn3CC(C)C. The number of hydrogen-bond donors (Lipinski definition) is 1. The summed E-state index contributed by atoms with van der Waals surface area (Å²) in [5.74, 6) is 0.796. The van der Waals surface area contributed by atoms with Crippen molar-refractivity contribution >= 4 is 33.7 Å². The third-order valence-electron chi connectivity index (χ3n) is 5.45. The van der Waals surface area contributed by atoms with Crippen molar-refractivity contribution in [1.29, 1.82) is 0 Å². The number of nitrogens with zero attached hydrogens (tertiary/aromatic N) is 3. The van der Waals surface area contributed by atoms with Gasteiger partial charge in [0.15, 0.2) is 11.5 Å². The molecule has 0 aliphatic rings. The molecular weight excluding hydrogens is 384 g/mol. The van der Waals surface area contributed by atoms with E-state index in [1.54, 1.807) is 0 Å². The summed E-state index contributed by atoms with van der Waals surface area (Å²) < 4.78 is 1.90. The molecule has 0 atom stereocenters. The second kappa shape index (κ2) is 7.80. The highest BCUT2D eigenvalue weighted by atomic mass is 16.1. The molecule has 0 fully saturated rings. The Balaban J connectivity index is 1.74. The topological polar surface area (TPSA) is 59.8 Å². The predicted octanol–water partition coefficient (Wildman–Crippen LogP) is 6.10. The Kier molecular flexibility index (Phi) is 5.29. The molecule has 0 aliphatic heterocycles. The van der Waals surface area contributed by atoms with Crippen LogP contribution in [0.1, 0.15) is 56.1 Å². The molecule has 1 amide bonds. The third kappa shape index (κ3) is 4.31. The molecule has 5 nitrogen and oxygen atoms in total. The second-order valence-corrected chi connectivity index (χ2v) is 9.76. The first-order valence-corrected chi connectivity index (χ1v) is 10.8. The molecule has 0 saturated heterocycles. The zero-order valence-corrected chi connectivity index (χ0v) is 19.2. The van der Waals surface area contributed by atoms with E-state index in [-0.39, 0.29) is 11.3 Å². The number of benzene rings is 2. The maximum Gasteiger partial charge on any atom is 0.256 e. The van der Waals surface area contributed by atoms with Crippen LogP contribution in [0.2, 0.25) is 0 Å². The first kappa shape index (κ1) is 21.0. The Morgan fingerprint density at radius 1 is 1.06 bits per heavy atom. The molecule has 2 aromatic carbocycles. The Hall–Kier alpha value is -3.21. The third-order valence-corrected chi connectivity index (χ3v) is 5.45. The molecule has 0 unspecified atom stereocenters. The molecule has 5 heteroatoms. The zero-order chi connectivity index (χ0) is 22.3. The van der Waals surface area contributed by atoms with Gasteiger partial charge in [0, 0.05) is 17.5 Å². The van der Waals surface area contributed by atoms with Crippen LogP contribution in [0.3, 0.4) is 0 Å². The van der Waals surface area contributed by atoms with Crippen molar-refractivity contribution in [3.8, 4) is 0 Å². The van der Waals surface area contributed by atoms with E-state index < -0.39 is 0 Å². The first-order valence-electron chi connectivity index (χ1n) is 10.8. The molecule has 4 aromatic rings. The molecule has 1 N–H and O–H groups in total. The van der Waals surface area contributed by atoms with Crippen LogP contribution >= 0.6 is 0 Å². The Labute approximate surface area is 183 Å². The number of carbonyl (C=O) groups excluding carboxylic acids is 1. The van der Waals surface area contributed by atoms with Crippen LogP contribution in [-0.2, 0) is 12.0 Å². The van der Waals surface area contributed by atoms with Crippen molar-refractivity contribution in [3.63, 3.8) is 0 Å². The van der Waals surface area contributed by atoms with Crippen LogP contribution < -0.4 is 5.32 Å². The predicted molar refractivity (Wildman–Crippen MR) is 128 cm³/mol. The van der Waals surface area contributed by atoms with Gasteiger partial charge in [0.1, 0.15) is 0 Å². The summed E-state index contributed by atoms with van der Waals surface area (Å²) in [6.07, 6.45) is 0. The van der Waals surface area contributed by atoms with E-state index in [4.69, 9.17) is 10.1 Å². The van der Waals surface area contributed by atoms with Crippen LogP contribution in [0.4, 0.5) is 5.82 Å². The number of anilines is 1. The van der Waals surface area contributed by atoms with Crippen molar-refractivity contribution in [2.45, 2.75) is 53.5 Å². The molecule has 0 radical (unpaired) electrons. The van der Waals surface area contributed by atoms with Crippen LogP contribution in [0.25, 0.3) is 21.9 Å². The maximum atomic E-state index is 13.0. The number of amides is 1. The van der Waals surface area contributed by atoms with Gasteiger partial charge in [-0.2, -0.15) is 5.10 Å². The van der Waals surface area contributed by atoms with Crippen molar-refractivity contribution < 1.29 is 4.79 Å². The standard InChI is InChI=1S/C26H30N4O/c1-16(2)15-30-24-21(14-19-13-17(3)7-12-22(19)27-24)23(29-30)28-25(31)18-8-10-20(11-9-18)26(4,5)6/h7-14,16H,15H2,1-6H3,(H,28,29,31). The number of carbonyl (C=O) groups is 1. The fraction of sp³-hybridized carbons (Fsp3) is 0.346. The van der Waals surface area contributed by atoms with E-state index >= 15 is 0 Å². The zero-order valence-electron chi connectivity index (χ0n) is 19.2. The highest BCUT2D eigenvalue weighted by Crippen LogP contribution is 2.28. The Morgan fingerprint density at radius 3 is 2.42 bits per heavy atom. The summed E-state index contributed by atoms with van der Waals surface area (Å²) in [5, 5.41) is 9.64. The molecule has 0 spiro atoms. The van der Waals surface area contributed by atoms with Crippen molar-refractivity contribution in [2.75, 3.05) is 5.32 Å². The molecule has 0 aliphatic carbocycles. The minimum Gasteiger partial charge on any atom is -0.305 e. The normalized spacial score (nSPS) is 12.1. The van der Waals surface area contributed by atoms with Gasteiger partial charge in [-0.25, -0.2) is 9.67 Å². The van der Waals surface area contributed by atoms with Gasteiger partial charge in [0.2, 0.25) is 0 Å². The Bertz CT molecular complexity index is 1260. The number of fused-ring (bicyclic) bond motifs is 2.